The third-order valence-electron chi connectivity index (χ3n) is 8.53. The van der Waals surface area contributed by atoms with Crippen LogP contribution in [0.4, 0.5) is 9.93 Å². The maximum atomic E-state index is 14.1. The molecule has 3 N–H and O–H groups in total. The number of hydrogen-bond acceptors (Lipinski definition) is 10. The van der Waals surface area contributed by atoms with Gasteiger partial charge in [-0.3, -0.25) is 0 Å². The van der Waals surface area contributed by atoms with Gasteiger partial charge in [-0.15, -0.1) is 0 Å². The average molecular weight is 689 g/mol. The van der Waals surface area contributed by atoms with E-state index in [9.17, 15) is 18.3 Å². The summed E-state index contributed by atoms with van der Waals surface area (Å²) in [6.07, 6.45) is 1.25. The van der Waals surface area contributed by atoms with Gasteiger partial charge in [-0.25, -0.2) is 18.2 Å². The van der Waals surface area contributed by atoms with Gasteiger partial charge in [0.25, 0.3) is 0 Å². The van der Waals surface area contributed by atoms with Crippen molar-refractivity contribution in [1.29, 1.82) is 0 Å². The van der Waals surface area contributed by atoms with Gasteiger partial charge in [-0.2, -0.15) is 4.31 Å². The number of ether oxygens (including phenoxy) is 3. The number of amides is 1. The van der Waals surface area contributed by atoms with E-state index < -0.39 is 34.4 Å². The Kier molecular flexibility index (Phi) is 12.1. The van der Waals surface area contributed by atoms with Gasteiger partial charge < -0.3 is 30.0 Å². The van der Waals surface area contributed by atoms with E-state index in [1.165, 1.54) is 15.6 Å². The summed E-state index contributed by atoms with van der Waals surface area (Å²) in [6.45, 7) is 8.67. The maximum absolute atomic E-state index is 14.1. The summed E-state index contributed by atoms with van der Waals surface area (Å²) in [7, 11) is -4.00. The van der Waals surface area contributed by atoms with Crippen LogP contribution in [0.5, 0.6) is 0 Å². The number of aliphatic hydroxyl groups excluding tert-OH is 1. The predicted molar refractivity (Wildman–Crippen MR) is 183 cm³/mol. The van der Waals surface area contributed by atoms with E-state index in [0.717, 1.165) is 40.2 Å². The normalized spacial score (nSPS) is 20.7. The Morgan fingerprint density at radius 1 is 1.13 bits per heavy atom. The Morgan fingerprint density at radius 3 is 2.60 bits per heavy atom. The number of thiazole rings is 1. The Labute approximate surface area is 282 Å². The van der Waals surface area contributed by atoms with Gasteiger partial charge >= 0.3 is 6.09 Å². The summed E-state index contributed by atoms with van der Waals surface area (Å²) in [5.41, 5.74) is 1.62. The van der Waals surface area contributed by atoms with Gasteiger partial charge in [-0.1, -0.05) is 55.5 Å². The van der Waals surface area contributed by atoms with E-state index in [1.54, 1.807) is 18.2 Å². The minimum Gasteiger partial charge on any atom is -0.446 e. The smallest absolute Gasteiger partial charge is 0.407 e. The average Bonchev–Trinajstić information content (AvgIpc) is 3.76. The standard InChI is InChI=1S/C34H48N4O7S2/c1-5-43-32-18-25(15-16-44-32)23(4)45-34(40)37-29(17-24-9-7-6-8-10-24)30(39)21-38(20-22(2)3)47(41,42)27-13-14-28-31(19-27)46-33(36-28)35-26-11-12-26/h6-10,13-14,19,22-23,25-26,29-30,32,39H,5,11-12,15-18,20-21H2,1-4H3,(H,35,36)(H,37,40)/t23-,25?,29?,30-,32-/m1/s1. The van der Waals surface area contributed by atoms with Crippen LogP contribution in [0.25, 0.3) is 10.2 Å². The first kappa shape index (κ1) is 35.5. The minimum atomic E-state index is -4.00. The molecule has 2 aromatic carbocycles. The van der Waals surface area contributed by atoms with Crippen molar-refractivity contribution in [3.05, 3.63) is 54.1 Å². The van der Waals surface area contributed by atoms with E-state index in [1.807, 2.05) is 58.0 Å². The molecule has 1 aromatic heterocycles. The lowest BCUT2D eigenvalue weighted by Crippen LogP contribution is -2.51. The van der Waals surface area contributed by atoms with E-state index in [-0.39, 0.29) is 42.5 Å². The molecule has 1 aliphatic heterocycles. The third-order valence-corrected chi connectivity index (χ3v) is 11.3. The van der Waals surface area contributed by atoms with Gasteiger partial charge in [0.1, 0.15) is 6.10 Å². The number of aliphatic hydroxyl groups is 1. The summed E-state index contributed by atoms with van der Waals surface area (Å²) < 4.78 is 47.3. The molecule has 1 amide bonds. The second kappa shape index (κ2) is 16.1. The van der Waals surface area contributed by atoms with Crippen LogP contribution in [0.1, 0.15) is 58.9 Å². The molecular formula is C34H48N4O7S2. The van der Waals surface area contributed by atoms with Crippen LogP contribution in [0.15, 0.2) is 53.4 Å². The first-order valence-electron chi connectivity index (χ1n) is 16.6. The minimum absolute atomic E-state index is 0.00945. The Balaban J connectivity index is 1.31. The lowest BCUT2D eigenvalue weighted by atomic mass is 9.94. The number of nitrogens with zero attached hydrogens (tertiary/aromatic N) is 2. The SMILES string of the molecule is CCO[C@H]1CC([C@@H](C)OC(=O)NC(Cc2ccccc2)[C@H](O)CN(CC(C)C)S(=O)(=O)c2ccc3nc(NC4CC4)sc3c2)CCO1. The second-order valence-corrected chi connectivity index (χ2v) is 15.9. The number of anilines is 1. The number of carbonyl (C=O) groups excluding carboxylic acids is 1. The first-order valence-corrected chi connectivity index (χ1v) is 18.9. The van der Waals surface area contributed by atoms with Crippen molar-refractivity contribution in [2.45, 2.75) is 95.3 Å². The largest absolute Gasteiger partial charge is 0.446 e. The number of carbonyl (C=O) groups is 1. The molecule has 2 unspecified atom stereocenters. The van der Waals surface area contributed by atoms with Crippen LogP contribution >= 0.6 is 11.3 Å². The van der Waals surface area contributed by atoms with Crippen molar-refractivity contribution in [2.24, 2.45) is 11.8 Å². The summed E-state index contributed by atoms with van der Waals surface area (Å²) in [5.74, 6) is 0.0523. The number of rotatable bonds is 16. The highest BCUT2D eigenvalue weighted by Crippen LogP contribution is 2.33. The highest BCUT2D eigenvalue weighted by molar-refractivity contribution is 7.89. The highest BCUT2D eigenvalue weighted by Gasteiger charge is 2.34. The zero-order chi connectivity index (χ0) is 33.6. The zero-order valence-corrected chi connectivity index (χ0v) is 29.3. The van der Waals surface area contributed by atoms with Crippen molar-refractivity contribution in [3.63, 3.8) is 0 Å². The van der Waals surface area contributed by atoms with Gasteiger partial charge in [0, 0.05) is 38.1 Å². The van der Waals surface area contributed by atoms with E-state index >= 15 is 0 Å². The molecule has 5 rings (SSSR count). The van der Waals surface area contributed by atoms with Crippen molar-refractivity contribution >= 4 is 42.8 Å². The second-order valence-electron chi connectivity index (χ2n) is 12.9. The number of sulfonamides is 1. The number of fused-ring (bicyclic) bond motifs is 1. The van der Waals surface area contributed by atoms with E-state index in [0.29, 0.717) is 25.7 Å². The summed E-state index contributed by atoms with van der Waals surface area (Å²) in [6, 6.07) is 14.1. The fraction of sp³-hybridized carbons (Fsp3) is 0.588. The van der Waals surface area contributed by atoms with E-state index in [2.05, 4.69) is 15.6 Å². The molecule has 2 fully saturated rings. The Morgan fingerprint density at radius 2 is 1.89 bits per heavy atom. The Bertz CT molecular complexity index is 1560. The fourth-order valence-corrected chi connectivity index (χ4v) is 8.51. The highest BCUT2D eigenvalue weighted by atomic mass is 32.2. The van der Waals surface area contributed by atoms with Crippen LogP contribution in [0.2, 0.25) is 0 Å². The predicted octanol–water partition coefficient (Wildman–Crippen LogP) is 5.39. The summed E-state index contributed by atoms with van der Waals surface area (Å²) >= 11 is 1.44. The molecular weight excluding hydrogens is 641 g/mol. The summed E-state index contributed by atoms with van der Waals surface area (Å²) in [5, 5.41) is 18.7. The molecule has 0 bridgehead atoms. The molecule has 3 aromatic rings. The van der Waals surface area contributed by atoms with Gasteiger partial charge in [0.05, 0.1) is 33.9 Å². The van der Waals surface area contributed by atoms with Crippen LogP contribution in [-0.2, 0) is 30.7 Å². The molecule has 47 heavy (non-hydrogen) atoms. The molecule has 13 heteroatoms. The lowest BCUT2D eigenvalue weighted by molar-refractivity contribution is -0.180. The molecule has 2 heterocycles. The number of hydrogen-bond donors (Lipinski definition) is 3. The molecule has 0 spiro atoms. The molecule has 2 aliphatic rings. The number of aromatic nitrogens is 1. The van der Waals surface area contributed by atoms with Crippen molar-refractivity contribution < 1.29 is 32.5 Å². The van der Waals surface area contributed by atoms with Crippen molar-refractivity contribution in [2.75, 3.05) is 31.6 Å². The molecule has 5 atom stereocenters. The van der Waals surface area contributed by atoms with Crippen molar-refractivity contribution in [1.82, 2.24) is 14.6 Å². The topological polar surface area (TPSA) is 139 Å². The first-order chi connectivity index (χ1) is 22.5. The quantitative estimate of drug-likeness (QED) is 0.181. The van der Waals surface area contributed by atoms with Gasteiger partial charge in [-0.05, 0) is 69.2 Å². The zero-order valence-electron chi connectivity index (χ0n) is 27.6. The number of alkyl carbamates (subject to hydrolysis) is 1. The van der Waals surface area contributed by atoms with Crippen LogP contribution in [-0.4, -0.2) is 85.8 Å². The molecule has 258 valence electrons. The van der Waals surface area contributed by atoms with Gasteiger partial charge in [0.2, 0.25) is 10.0 Å². The van der Waals surface area contributed by atoms with Crippen LogP contribution < -0.4 is 10.6 Å². The van der Waals surface area contributed by atoms with Crippen LogP contribution in [0, 0.1) is 11.8 Å². The van der Waals surface area contributed by atoms with E-state index in [4.69, 9.17) is 14.2 Å². The lowest BCUT2D eigenvalue weighted by Gasteiger charge is -2.33. The fourth-order valence-electron chi connectivity index (χ4n) is 5.81. The molecule has 11 nitrogen and oxygen atoms in total. The molecule has 1 saturated carbocycles. The number of nitrogens with one attached hydrogen (secondary N) is 2. The van der Waals surface area contributed by atoms with Gasteiger partial charge in [0.15, 0.2) is 11.4 Å². The Hall–Kier alpha value is -2.81. The third kappa shape index (κ3) is 9.86. The van der Waals surface area contributed by atoms with Crippen LogP contribution in [0.3, 0.4) is 0 Å². The number of benzene rings is 2. The molecule has 0 radical (unpaired) electrons. The molecule has 1 aliphatic carbocycles. The summed E-state index contributed by atoms with van der Waals surface area (Å²) in [4.78, 5) is 18.0. The van der Waals surface area contributed by atoms with Crippen molar-refractivity contribution in [3.8, 4) is 0 Å². The monoisotopic (exact) mass is 688 g/mol. The molecule has 1 saturated heterocycles. The maximum Gasteiger partial charge on any atom is 0.407 e.